The van der Waals surface area contributed by atoms with Crippen molar-refractivity contribution in [1.29, 1.82) is 0 Å². The third-order valence-electron chi connectivity index (χ3n) is 3.27. The van der Waals surface area contributed by atoms with Crippen molar-refractivity contribution in [2.24, 2.45) is 0 Å². The summed E-state index contributed by atoms with van der Waals surface area (Å²) in [4.78, 5) is 0. The fraction of sp³-hybridized carbons (Fsp3) is 0.333. The molecular weight excluding hydrogens is 276 g/mol. The van der Waals surface area contributed by atoms with Crippen molar-refractivity contribution in [3.05, 3.63) is 65.7 Å². The molecule has 4 nitrogen and oxygen atoms in total. The van der Waals surface area contributed by atoms with Crippen LogP contribution in [0.15, 0.2) is 54.6 Å². The lowest BCUT2D eigenvalue weighted by molar-refractivity contribution is 0.292. The van der Waals surface area contributed by atoms with Crippen LogP contribution in [0.1, 0.15) is 11.1 Å². The standard InChI is InChI=1S/C18H24N2O2/c21-13-12-19-10-11-20-14-16-6-8-18(9-7-16)22-15-17-4-2-1-3-5-17/h1-9,19-21H,10-15H2. The van der Waals surface area contributed by atoms with Gasteiger partial charge in [-0.3, -0.25) is 0 Å². The molecule has 2 rings (SSSR count). The van der Waals surface area contributed by atoms with E-state index in [1.165, 1.54) is 11.1 Å². The number of hydrogen-bond acceptors (Lipinski definition) is 4. The minimum atomic E-state index is 0.185. The Balaban J connectivity index is 1.67. The zero-order chi connectivity index (χ0) is 15.5. The monoisotopic (exact) mass is 300 g/mol. The summed E-state index contributed by atoms with van der Waals surface area (Å²) in [7, 11) is 0. The highest BCUT2D eigenvalue weighted by molar-refractivity contribution is 5.27. The van der Waals surface area contributed by atoms with Crippen LogP contribution in [0.4, 0.5) is 0 Å². The van der Waals surface area contributed by atoms with Gasteiger partial charge >= 0.3 is 0 Å². The second kappa shape index (κ2) is 9.95. The van der Waals surface area contributed by atoms with Crippen molar-refractivity contribution in [2.75, 3.05) is 26.2 Å². The molecule has 4 heteroatoms. The predicted octanol–water partition coefficient (Wildman–Crippen LogP) is 1.94. The van der Waals surface area contributed by atoms with E-state index in [0.29, 0.717) is 13.2 Å². The lowest BCUT2D eigenvalue weighted by Gasteiger charge is -2.08. The number of aliphatic hydroxyl groups excluding tert-OH is 1. The summed E-state index contributed by atoms with van der Waals surface area (Å²) in [6.07, 6.45) is 0. The number of rotatable bonds is 10. The second-order valence-corrected chi connectivity index (χ2v) is 5.07. The molecule has 0 saturated heterocycles. The van der Waals surface area contributed by atoms with Gasteiger partial charge in [0.25, 0.3) is 0 Å². The molecule has 118 valence electrons. The summed E-state index contributed by atoms with van der Waals surface area (Å²) in [5.74, 6) is 0.886. The first-order valence-corrected chi connectivity index (χ1v) is 7.66. The van der Waals surface area contributed by atoms with E-state index in [1.807, 2.05) is 30.3 Å². The van der Waals surface area contributed by atoms with E-state index in [9.17, 15) is 0 Å². The Morgan fingerprint density at radius 1 is 0.773 bits per heavy atom. The summed E-state index contributed by atoms with van der Waals surface area (Å²) >= 11 is 0. The van der Waals surface area contributed by atoms with Crippen molar-refractivity contribution < 1.29 is 9.84 Å². The van der Waals surface area contributed by atoms with E-state index >= 15 is 0 Å². The van der Waals surface area contributed by atoms with Gasteiger partial charge in [-0.25, -0.2) is 0 Å². The lowest BCUT2D eigenvalue weighted by atomic mass is 10.2. The number of benzene rings is 2. The Morgan fingerprint density at radius 2 is 1.50 bits per heavy atom. The fourth-order valence-corrected chi connectivity index (χ4v) is 2.06. The fourth-order valence-electron chi connectivity index (χ4n) is 2.06. The van der Waals surface area contributed by atoms with Gasteiger partial charge in [0.2, 0.25) is 0 Å². The van der Waals surface area contributed by atoms with Crippen LogP contribution in [0.5, 0.6) is 5.75 Å². The topological polar surface area (TPSA) is 53.5 Å². The molecule has 0 unspecified atom stereocenters. The Bertz CT molecular complexity index is 514. The SMILES string of the molecule is OCCNCCNCc1ccc(OCc2ccccc2)cc1. The van der Waals surface area contributed by atoms with Gasteiger partial charge < -0.3 is 20.5 Å². The molecule has 0 fully saturated rings. The van der Waals surface area contributed by atoms with Crippen LogP contribution in [0.25, 0.3) is 0 Å². The normalized spacial score (nSPS) is 10.6. The van der Waals surface area contributed by atoms with Gasteiger partial charge in [-0.1, -0.05) is 42.5 Å². The van der Waals surface area contributed by atoms with Crippen molar-refractivity contribution in [1.82, 2.24) is 10.6 Å². The lowest BCUT2D eigenvalue weighted by Crippen LogP contribution is -2.28. The molecule has 0 aromatic heterocycles. The third-order valence-corrected chi connectivity index (χ3v) is 3.27. The molecule has 22 heavy (non-hydrogen) atoms. The van der Waals surface area contributed by atoms with Crippen molar-refractivity contribution >= 4 is 0 Å². The molecule has 0 aliphatic rings. The quantitative estimate of drug-likeness (QED) is 0.587. The maximum atomic E-state index is 8.65. The third kappa shape index (κ3) is 6.26. The van der Waals surface area contributed by atoms with Gasteiger partial charge in [-0.05, 0) is 23.3 Å². The average Bonchev–Trinajstić information content (AvgIpc) is 2.58. The molecule has 0 aliphatic heterocycles. The van der Waals surface area contributed by atoms with Gasteiger partial charge in [0, 0.05) is 26.2 Å². The van der Waals surface area contributed by atoms with Crippen LogP contribution in [0.2, 0.25) is 0 Å². The first kappa shape index (κ1) is 16.5. The highest BCUT2D eigenvalue weighted by atomic mass is 16.5. The minimum absolute atomic E-state index is 0.185. The number of nitrogens with one attached hydrogen (secondary N) is 2. The van der Waals surface area contributed by atoms with E-state index < -0.39 is 0 Å². The Kier molecular flexibility index (Phi) is 7.46. The first-order chi connectivity index (χ1) is 10.9. The number of ether oxygens (including phenoxy) is 1. The molecular formula is C18H24N2O2. The molecule has 0 spiro atoms. The highest BCUT2D eigenvalue weighted by Crippen LogP contribution is 2.14. The first-order valence-electron chi connectivity index (χ1n) is 7.66. The molecule has 0 heterocycles. The minimum Gasteiger partial charge on any atom is -0.489 e. The Hall–Kier alpha value is -1.88. The van der Waals surface area contributed by atoms with Gasteiger partial charge in [-0.15, -0.1) is 0 Å². The van der Waals surface area contributed by atoms with E-state index in [1.54, 1.807) is 0 Å². The maximum absolute atomic E-state index is 8.65. The van der Waals surface area contributed by atoms with Crippen LogP contribution in [0.3, 0.4) is 0 Å². The predicted molar refractivity (Wildman–Crippen MR) is 88.9 cm³/mol. The zero-order valence-corrected chi connectivity index (χ0v) is 12.8. The summed E-state index contributed by atoms with van der Waals surface area (Å²) in [6.45, 7) is 4.00. The summed E-state index contributed by atoms with van der Waals surface area (Å²) in [5.41, 5.74) is 2.40. The molecule has 0 atom stereocenters. The van der Waals surface area contributed by atoms with Crippen LogP contribution in [-0.2, 0) is 13.2 Å². The van der Waals surface area contributed by atoms with Gasteiger partial charge in [0.05, 0.1) is 6.61 Å². The zero-order valence-electron chi connectivity index (χ0n) is 12.8. The van der Waals surface area contributed by atoms with Crippen molar-refractivity contribution in [3.8, 4) is 5.75 Å². The van der Waals surface area contributed by atoms with E-state index in [4.69, 9.17) is 9.84 Å². The molecule has 2 aromatic rings. The van der Waals surface area contributed by atoms with Crippen LogP contribution in [0, 0.1) is 0 Å². The van der Waals surface area contributed by atoms with Crippen LogP contribution in [-0.4, -0.2) is 31.3 Å². The van der Waals surface area contributed by atoms with Crippen LogP contribution < -0.4 is 15.4 Å². The average molecular weight is 300 g/mol. The number of aliphatic hydroxyl groups is 1. The van der Waals surface area contributed by atoms with Gasteiger partial charge in [-0.2, -0.15) is 0 Å². The Labute approximate surface area is 132 Å². The molecule has 0 aliphatic carbocycles. The van der Waals surface area contributed by atoms with E-state index in [2.05, 4.69) is 34.9 Å². The Morgan fingerprint density at radius 3 is 2.23 bits per heavy atom. The summed E-state index contributed by atoms with van der Waals surface area (Å²) in [5, 5.41) is 15.1. The molecule has 2 aromatic carbocycles. The molecule has 0 bridgehead atoms. The molecule has 3 N–H and O–H groups in total. The number of hydrogen-bond donors (Lipinski definition) is 3. The smallest absolute Gasteiger partial charge is 0.119 e. The van der Waals surface area contributed by atoms with Crippen LogP contribution >= 0.6 is 0 Å². The summed E-state index contributed by atoms with van der Waals surface area (Å²) < 4.78 is 5.76. The van der Waals surface area contributed by atoms with Crippen molar-refractivity contribution in [2.45, 2.75) is 13.2 Å². The molecule has 0 saturated carbocycles. The van der Waals surface area contributed by atoms with Crippen molar-refractivity contribution in [3.63, 3.8) is 0 Å². The second-order valence-electron chi connectivity index (χ2n) is 5.07. The molecule has 0 radical (unpaired) electrons. The van der Waals surface area contributed by atoms with E-state index in [0.717, 1.165) is 25.4 Å². The highest BCUT2D eigenvalue weighted by Gasteiger charge is 1.97. The summed E-state index contributed by atoms with van der Waals surface area (Å²) in [6, 6.07) is 18.3. The molecule has 0 amide bonds. The van der Waals surface area contributed by atoms with E-state index in [-0.39, 0.29) is 6.61 Å². The van der Waals surface area contributed by atoms with Gasteiger partial charge in [0.1, 0.15) is 12.4 Å². The maximum Gasteiger partial charge on any atom is 0.119 e. The largest absolute Gasteiger partial charge is 0.489 e. The van der Waals surface area contributed by atoms with Gasteiger partial charge in [0.15, 0.2) is 0 Å².